The van der Waals surface area contributed by atoms with Gasteiger partial charge in [-0.2, -0.15) is 0 Å². The van der Waals surface area contributed by atoms with Gasteiger partial charge in [0.15, 0.2) is 0 Å². The summed E-state index contributed by atoms with van der Waals surface area (Å²) < 4.78 is 2.10. The lowest BCUT2D eigenvalue weighted by Gasteiger charge is -2.10. The van der Waals surface area contributed by atoms with Crippen molar-refractivity contribution < 1.29 is 4.79 Å². The van der Waals surface area contributed by atoms with E-state index >= 15 is 0 Å². The number of aromatic nitrogens is 1. The van der Waals surface area contributed by atoms with Crippen LogP contribution in [0, 0.1) is 26.7 Å². The average molecular weight is 194 g/mol. The minimum Gasteiger partial charge on any atom is -0.369 e. The van der Waals surface area contributed by atoms with Crippen LogP contribution < -0.4 is 5.73 Å². The van der Waals surface area contributed by atoms with Gasteiger partial charge in [0.25, 0.3) is 0 Å². The molecule has 0 aromatic carbocycles. The predicted octanol–water partition coefficient (Wildman–Crippen LogP) is 1.53. The molecule has 0 aliphatic carbocycles. The van der Waals surface area contributed by atoms with Gasteiger partial charge >= 0.3 is 0 Å². The second-order valence-corrected chi connectivity index (χ2v) is 3.98. The number of aryl methyl sites for hydroxylation is 1. The summed E-state index contributed by atoms with van der Waals surface area (Å²) in [6, 6.07) is 0. The van der Waals surface area contributed by atoms with Crippen molar-refractivity contribution in [3.8, 4) is 0 Å². The van der Waals surface area contributed by atoms with Gasteiger partial charge < -0.3 is 10.3 Å². The van der Waals surface area contributed by atoms with Gasteiger partial charge in [-0.05, 0) is 31.9 Å². The molecule has 0 radical (unpaired) electrons. The smallest absolute Gasteiger partial charge is 0.222 e. The van der Waals surface area contributed by atoms with Crippen LogP contribution in [-0.2, 0) is 11.3 Å². The van der Waals surface area contributed by atoms with Crippen molar-refractivity contribution in [3.05, 3.63) is 23.0 Å². The van der Waals surface area contributed by atoms with E-state index in [0.717, 1.165) is 0 Å². The maximum Gasteiger partial charge on any atom is 0.222 e. The summed E-state index contributed by atoms with van der Waals surface area (Å²) in [4.78, 5) is 10.9. The zero-order chi connectivity index (χ0) is 10.9. The van der Waals surface area contributed by atoms with Gasteiger partial charge in [-0.3, -0.25) is 4.79 Å². The van der Waals surface area contributed by atoms with Crippen LogP contribution in [-0.4, -0.2) is 10.5 Å². The highest BCUT2D eigenvalue weighted by molar-refractivity contribution is 5.76. The third kappa shape index (κ3) is 1.97. The number of carbonyl (C=O) groups is 1. The highest BCUT2D eigenvalue weighted by Crippen LogP contribution is 2.15. The molecule has 3 nitrogen and oxygen atoms in total. The molecular formula is C11H18N2O. The largest absolute Gasteiger partial charge is 0.369 e. The molecule has 1 atom stereocenters. The van der Waals surface area contributed by atoms with E-state index < -0.39 is 0 Å². The van der Waals surface area contributed by atoms with Gasteiger partial charge in [0.1, 0.15) is 0 Å². The highest BCUT2D eigenvalue weighted by Gasteiger charge is 2.12. The first-order chi connectivity index (χ1) is 6.43. The SMILES string of the molecule is Cc1cn(CC(C)C(N)=O)c(C)c1C. The van der Waals surface area contributed by atoms with Crippen molar-refractivity contribution in [1.29, 1.82) is 0 Å². The Labute approximate surface area is 84.9 Å². The normalized spacial score (nSPS) is 12.9. The van der Waals surface area contributed by atoms with Crippen LogP contribution in [0.25, 0.3) is 0 Å². The van der Waals surface area contributed by atoms with Crippen LogP contribution in [0.15, 0.2) is 6.20 Å². The molecule has 78 valence electrons. The molecule has 0 spiro atoms. The molecule has 1 rings (SSSR count). The Hall–Kier alpha value is -1.25. The maximum absolute atomic E-state index is 10.9. The number of carbonyl (C=O) groups excluding carboxylic acids is 1. The Morgan fingerprint density at radius 1 is 1.50 bits per heavy atom. The second-order valence-electron chi connectivity index (χ2n) is 3.98. The molecule has 1 aromatic heterocycles. The van der Waals surface area contributed by atoms with Gasteiger partial charge in [0.05, 0.1) is 5.92 Å². The van der Waals surface area contributed by atoms with Crippen LogP contribution in [0.1, 0.15) is 23.7 Å². The van der Waals surface area contributed by atoms with Crippen LogP contribution in [0.5, 0.6) is 0 Å². The molecule has 14 heavy (non-hydrogen) atoms. The summed E-state index contributed by atoms with van der Waals surface area (Å²) in [6.45, 7) is 8.77. The topological polar surface area (TPSA) is 48.0 Å². The number of amides is 1. The fourth-order valence-corrected chi connectivity index (χ4v) is 1.50. The van der Waals surface area contributed by atoms with Crippen molar-refractivity contribution in [2.45, 2.75) is 34.2 Å². The monoisotopic (exact) mass is 194 g/mol. The predicted molar refractivity (Wildman–Crippen MR) is 57.0 cm³/mol. The van der Waals surface area contributed by atoms with Crippen molar-refractivity contribution >= 4 is 5.91 Å². The van der Waals surface area contributed by atoms with Crippen LogP contribution >= 0.6 is 0 Å². The second kappa shape index (κ2) is 3.86. The van der Waals surface area contributed by atoms with Gasteiger partial charge in [-0.25, -0.2) is 0 Å². The molecule has 0 bridgehead atoms. The van der Waals surface area contributed by atoms with Crippen molar-refractivity contribution in [1.82, 2.24) is 4.57 Å². The molecule has 1 unspecified atom stereocenters. The first-order valence-electron chi connectivity index (χ1n) is 4.85. The molecule has 0 saturated carbocycles. The summed E-state index contributed by atoms with van der Waals surface area (Å²) in [5.41, 5.74) is 9.00. The Morgan fingerprint density at radius 3 is 2.43 bits per heavy atom. The molecule has 0 aliphatic heterocycles. The Bertz CT molecular complexity index is 352. The molecule has 1 heterocycles. The van der Waals surface area contributed by atoms with E-state index in [9.17, 15) is 4.79 Å². The first-order valence-corrected chi connectivity index (χ1v) is 4.85. The molecular weight excluding hydrogens is 176 g/mol. The van der Waals surface area contributed by atoms with Crippen LogP contribution in [0.4, 0.5) is 0 Å². The van der Waals surface area contributed by atoms with E-state index in [1.165, 1.54) is 16.8 Å². The summed E-state index contributed by atoms with van der Waals surface area (Å²) >= 11 is 0. The van der Waals surface area contributed by atoms with Crippen LogP contribution in [0.3, 0.4) is 0 Å². The van der Waals surface area contributed by atoms with E-state index in [0.29, 0.717) is 6.54 Å². The maximum atomic E-state index is 10.9. The third-order valence-electron chi connectivity index (χ3n) is 2.87. The molecule has 1 amide bonds. The van der Waals surface area contributed by atoms with Gasteiger partial charge in [-0.1, -0.05) is 6.92 Å². The molecule has 3 heteroatoms. The van der Waals surface area contributed by atoms with Gasteiger partial charge in [-0.15, -0.1) is 0 Å². The minimum absolute atomic E-state index is 0.111. The van der Waals surface area contributed by atoms with E-state index in [4.69, 9.17) is 5.73 Å². The fraction of sp³-hybridized carbons (Fsp3) is 0.545. The van der Waals surface area contributed by atoms with Crippen molar-refractivity contribution in [2.24, 2.45) is 11.7 Å². The van der Waals surface area contributed by atoms with E-state index in [-0.39, 0.29) is 11.8 Å². The molecule has 1 aromatic rings. The number of hydrogen-bond donors (Lipinski definition) is 1. The van der Waals surface area contributed by atoms with Crippen molar-refractivity contribution in [3.63, 3.8) is 0 Å². The van der Waals surface area contributed by atoms with E-state index in [1.54, 1.807) is 0 Å². The van der Waals surface area contributed by atoms with Crippen LogP contribution in [0.2, 0.25) is 0 Å². The number of hydrogen-bond acceptors (Lipinski definition) is 1. The lowest BCUT2D eigenvalue weighted by molar-refractivity contribution is -0.121. The zero-order valence-electron chi connectivity index (χ0n) is 9.29. The number of primary amides is 1. The number of rotatable bonds is 3. The van der Waals surface area contributed by atoms with E-state index in [2.05, 4.69) is 31.5 Å². The molecule has 0 saturated heterocycles. The zero-order valence-corrected chi connectivity index (χ0v) is 9.29. The Morgan fingerprint density at radius 2 is 2.07 bits per heavy atom. The first kappa shape index (κ1) is 10.8. The third-order valence-corrected chi connectivity index (χ3v) is 2.87. The average Bonchev–Trinajstić information content (AvgIpc) is 2.33. The molecule has 0 aliphatic rings. The standard InChI is InChI=1S/C11H18N2O/c1-7-5-13(10(4)9(7)3)6-8(2)11(12)14/h5,8H,6H2,1-4H3,(H2,12,14). The molecule has 2 N–H and O–H groups in total. The number of nitrogens with zero attached hydrogens (tertiary/aromatic N) is 1. The Kier molecular flexibility index (Phi) is 2.99. The van der Waals surface area contributed by atoms with Gasteiger partial charge in [0, 0.05) is 18.4 Å². The quantitative estimate of drug-likeness (QED) is 0.779. The summed E-state index contributed by atoms with van der Waals surface area (Å²) in [6.07, 6.45) is 2.07. The number of nitrogens with two attached hydrogens (primary N) is 1. The summed E-state index contributed by atoms with van der Waals surface area (Å²) in [5.74, 6) is -0.353. The highest BCUT2D eigenvalue weighted by atomic mass is 16.1. The van der Waals surface area contributed by atoms with Crippen molar-refractivity contribution in [2.75, 3.05) is 0 Å². The van der Waals surface area contributed by atoms with E-state index in [1.807, 2.05) is 6.92 Å². The minimum atomic E-state index is -0.242. The van der Waals surface area contributed by atoms with Gasteiger partial charge in [0.2, 0.25) is 5.91 Å². The molecule has 0 fully saturated rings. The Balaban J connectivity index is 2.87. The summed E-state index contributed by atoms with van der Waals surface area (Å²) in [5, 5.41) is 0. The lowest BCUT2D eigenvalue weighted by Crippen LogP contribution is -2.24. The lowest BCUT2D eigenvalue weighted by atomic mass is 10.1. The fourth-order valence-electron chi connectivity index (χ4n) is 1.50. The summed E-state index contributed by atoms with van der Waals surface area (Å²) in [7, 11) is 0.